The zero-order valence-electron chi connectivity index (χ0n) is 7.39. The largest absolute Gasteiger partial charge is 0.337 e. The van der Waals surface area contributed by atoms with Crippen LogP contribution in [0.2, 0.25) is 0 Å². The van der Waals surface area contributed by atoms with E-state index in [1.54, 1.807) is 0 Å². The summed E-state index contributed by atoms with van der Waals surface area (Å²) in [6.45, 7) is 3.00. The maximum absolute atomic E-state index is 11.4. The monoisotopic (exact) mass is 166 g/mol. The van der Waals surface area contributed by atoms with E-state index in [-0.39, 0.29) is 11.4 Å². The van der Waals surface area contributed by atoms with Gasteiger partial charge in [0, 0.05) is 31.5 Å². The lowest BCUT2D eigenvalue weighted by atomic mass is 9.75. The van der Waals surface area contributed by atoms with Crippen molar-refractivity contribution in [2.24, 2.45) is 0 Å². The zero-order chi connectivity index (χ0) is 8.77. The summed E-state index contributed by atoms with van der Waals surface area (Å²) < 4.78 is 0. The van der Waals surface area contributed by atoms with Gasteiger partial charge in [0.05, 0.1) is 5.54 Å². The molecule has 1 saturated carbocycles. The first-order valence-electron chi connectivity index (χ1n) is 4.49. The molecule has 2 aliphatic rings. The Labute approximate surface area is 72.3 Å². The molecule has 1 amide bonds. The minimum Gasteiger partial charge on any atom is -0.337 e. The van der Waals surface area contributed by atoms with Gasteiger partial charge in [0.1, 0.15) is 0 Å². The predicted octanol–water partition coefficient (Wildman–Crippen LogP) is 1.18. The number of hydrogen-bond donors (Lipinski definition) is 1. The highest BCUT2D eigenvalue weighted by Gasteiger charge is 2.45. The molecule has 0 radical (unpaired) electrons. The Morgan fingerprint density at radius 2 is 2.17 bits per heavy atom. The van der Waals surface area contributed by atoms with Crippen LogP contribution in [0, 0.1) is 5.41 Å². The second kappa shape index (κ2) is 2.31. The Hall–Kier alpha value is -0.860. The molecule has 1 heterocycles. The minimum atomic E-state index is 0.00463. The van der Waals surface area contributed by atoms with Gasteiger partial charge in [-0.05, 0) is 13.3 Å². The minimum absolute atomic E-state index is 0.00463. The maximum atomic E-state index is 11.4. The summed E-state index contributed by atoms with van der Waals surface area (Å²) in [5.41, 5.74) is 0.794. The van der Waals surface area contributed by atoms with Crippen LogP contribution in [0.25, 0.3) is 0 Å². The zero-order valence-corrected chi connectivity index (χ0v) is 7.39. The highest BCUT2D eigenvalue weighted by molar-refractivity contribution is 5.92. The molecular weight excluding hydrogens is 152 g/mol. The van der Waals surface area contributed by atoms with E-state index < -0.39 is 0 Å². The molecule has 0 bridgehead atoms. The van der Waals surface area contributed by atoms with E-state index in [0.717, 1.165) is 31.5 Å². The Balaban J connectivity index is 2.09. The molecule has 3 nitrogen and oxygen atoms in total. The van der Waals surface area contributed by atoms with Crippen molar-refractivity contribution in [1.82, 2.24) is 4.90 Å². The molecule has 0 aromatic rings. The first-order chi connectivity index (χ1) is 5.62. The number of amides is 1. The molecule has 1 N–H and O–H groups in total. The van der Waals surface area contributed by atoms with Gasteiger partial charge in [0.2, 0.25) is 5.91 Å². The molecule has 0 aromatic heterocycles. The number of carbonyl (C=O) groups is 1. The smallest absolute Gasteiger partial charge is 0.223 e. The lowest BCUT2D eigenvalue weighted by molar-refractivity contribution is -0.133. The van der Waals surface area contributed by atoms with Crippen LogP contribution in [0.1, 0.15) is 32.6 Å². The summed E-state index contributed by atoms with van der Waals surface area (Å²) in [6, 6.07) is 0. The molecule has 1 aliphatic carbocycles. The van der Waals surface area contributed by atoms with E-state index in [1.807, 2.05) is 4.90 Å². The van der Waals surface area contributed by atoms with Crippen LogP contribution >= 0.6 is 0 Å². The standard InChI is InChI=1S/C9H14N2O/c1-9(5-7(10)6-9)11-4-2-3-8(11)12/h10H,2-6H2,1H3. The average Bonchev–Trinajstić information content (AvgIpc) is 2.32. The van der Waals surface area contributed by atoms with E-state index in [0.29, 0.717) is 6.42 Å². The van der Waals surface area contributed by atoms with Crippen molar-refractivity contribution in [2.45, 2.75) is 38.1 Å². The molecule has 12 heavy (non-hydrogen) atoms. The Bertz CT molecular complexity index is 239. The summed E-state index contributed by atoms with van der Waals surface area (Å²) in [6.07, 6.45) is 3.29. The number of hydrogen-bond acceptors (Lipinski definition) is 2. The fraction of sp³-hybridized carbons (Fsp3) is 0.778. The van der Waals surface area contributed by atoms with Crippen LogP contribution < -0.4 is 0 Å². The summed E-state index contributed by atoms with van der Waals surface area (Å²) in [7, 11) is 0. The summed E-state index contributed by atoms with van der Waals surface area (Å²) in [4.78, 5) is 13.3. The highest BCUT2D eigenvalue weighted by atomic mass is 16.2. The van der Waals surface area contributed by atoms with Crippen molar-refractivity contribution in [3.05, 3.63) is 0 Å². The Morgan fingerprint density at radius 3 is 2.58 bits per heavy atom. The first-order valence-corrected chi connectivity index (χ1v) is 4.49. The maximum Gasteiger partial charge on any atom is 0.223 e. The van der Waals surface area contributed by atoms with Gasteiger partial charge in [0.25, 0.3) is 0 Å². The third-order valence-electron chi connectivity index (χ3n) is 2.91. The van der Waals surface area contributed by atoms with Crippen LogP contribution in [-0.4, -0.2) is 28.6 Å². The third kappa shape index (κ3) is 0.958. The van der Waals surface area contributed by atoms with Crippen molar-refractivity contribution in [2.75, 3.05) is 6.54 Å². The SMILES string of the molecule is CC1(N2CCCC2=O)CC(=N)C1. The first kappa shape index (κ1) is 7.77. The average molecular weight is 166 g/mol. The van der Waals surface area contributed by atoms with Crippen LogP contribution in [0.15, 0.2) is 0 Å². The quantitative estimate of drug-likeness (QED) is 0.624. The fourth-order valence-electron chi connectivity index (χ4n) is 2.28. The van der Waals surface area contributed by atoms with Gasteiger partial charge in [-0.1, -0.05) is 0 Å². The molecule has 2 fully saturated rings. The molecule has 0 aromatic carbocycles. The lowest BCUT2D eigenvalue weighted by Gasteiger charge is -2.46. The number of likely N-dealkylation sites (tertiary alicyclic amines) is 1. The molecular formula is C9H14N2O. The van der Waals surface area contributed by atoms with Gasteiger partial charge in [-0.2, -0.15) is 0 Å². The van der Waals surface area contributed by atoms with Gasteiger partial charge < -0.3 is 10.3 Å². The molecule has 1 aliphatic heterocycles. The summed E-state index contributed by atoms with van der Waals surface area (Å²) in [5.74, 6) is 0.282. The van der Waals surface area contributed by atoms with Crippen molar-refractivity contribution >= 4 is 11.6 Å². The van der Waals surface area contributed by atoms with Crippen LogP contribution in [0.3, 0.4) is 0 Å². The van der Waals surface area contributed by atoms with Gasteiger partial charge >= 0.3 is 0 Å². The van der Waals surface area contributed by atoms with E-state index in [1.165, 1.54) is 0 Å². The van der Waals surface area contributed by atoms with E-state index in [9.17, 15) is 4.79 Å². The van der Waals surface area contributed by atoms with Gasteiger partial charge in [-0.3, -0.25) is 4.79 Å². The molecule has 0 spiro atoms. The molecule has 2 rings (SSSR count). The summed E-state index contributed by atoms with van der Waals surface area (Å²) in [5, 5.41) is 7.38. The predicted molar refractivity (Wildman–Crippen MR) is 46.3 cm³/mol. The van der Waals surface area contributed by atoms with E-state index in [2.05, 4.69) is 6.92 Å². The molecule has 3 heteroatoms. The normalized spacial score (nSPS) is 35.6. The molecule has 66 valence electrons. The fourth-order valence-corrected chi connectivity index (χ4v) is 2.28. The van der Waals surface area contributed by atoms with Gasteiger partial charge in [-0.15, -0.1) is 0 Å². The number of rotatable bonds is 1. The second-order valence-electron chi connectivity index (χ2n) is 4.10. The summed E-state index contributed by atoms with van der Waals surface area (Å²) >= 11 is 0. The number of nitrogens with zero attached hydrogens (tertiary/aromatic N) is 1. The van der Waals surface area contributed by atoms with Crippen molar-refractivity contribution in [3.8, 4) is 0 Å². The second-order valence-corrected chi connectivity index (χ2v) is 4.10. The van der Waals surface area contributed by atoms with Gasteiger partial charge in [0.15, 0.2) is 0 Å². The van der Waals surface area contributed by atoms with Crippen molar-refractivity contribution in [3.63, 3.8) is 0 Å². The Morgan fingerprint density at radius 1 is 1.50 bits per heavy atom. The van der Waals surface area contributed by atoms with Crippen molar-refractivity contribution < 1.29 is 4.79 Å². The van der Waals surface area contributed by atoms with E-state index in [4.69, 9.17) is 5.41 Å². The highest BCUT2D eigenvalue weighted by Crippen LogP contribution is 2.37. The molecule has 0 unspecified atom stereocenters. The molecule has 1 saturated heterocycles. The van der Waals surface area contributed by atoms with Crippen LogP contribution in [0.5, 0.6) is 0 Å². The Kier molecular flexibility index (Phi) is 1.50. The van der Waals surface area contributed by atoms with Crippen molar-refractivity contribution in [1.29, 1.82) is 5.41 Å². The number of nitrogens with one attached hydrogen (secondary N) is 1. The van der Waals surface area contributed by atoms with Crippen LogP contribution in [-0.2, 0) is 4.79 Å². The topological polar surface area (TPSA) is 44.2 Å². The third-order valence-corrected chi connectivity index (χ3v) is 2.91. The number of carbonyl (C=O) groups excluding carboxylic acids is 1. The van der Waals surface area contributed by atoms with Crippen LogP contribution in [0.4, 0.5) is 0 Å². The van der Waals surface area contributed by atoms with E-state index >= 15 is 0 Å². The molecule has 0 atom stereocenters. The van der Waals surface area contributed by atoms with Gasteiger partial charge in [-0.25, -0.2) is 0 Å². The lowest BCUT2D eigenvalue weighted by Crippen LogP contribution is -2.55.